The summed E-state index contributed by atoms with van der Waals surface area (Å²) < 4.78 is 22.5. The Hall–Kier alpha value is -0.0394. The fraction of sp³-hybridized carbons (Fsp3) is 0.933. The highest BCUT2D eigenvalue weighted by Crippen LogP contribution is 2.14. The second-order valence-corrected chi connectivity index (χ2v) is 18.8. The van der Waals surface area contributed by atoms with Crippen LogP contribution in [-0.4, -0.2) is 69.1 Å². The predicted octanol–water partition coefficient (Wildman–Crippen LogP) is 1.89. The summed E-state index contributed by atoms with van der Waals surface area (Å²) in [6.45, 7) is 15.2. The Morgan fingerprint density at radius 1 is 1.04 bits per heavy atom. The summed E-state index contributed by atoms with van der Waals surface area (Å²) in [5, 5.41) is 9.57. The number of carbonyl (C=O) groups is 1. The van der Waals surface area contributed by atoms with Gasteiger partial charge in [-0.05, 0) is 45.7 Å². The van der Waals surface area contributed by atoms with Gasteiger partial charge in [-0.1, -0.05) is 6.04 Å². The van der Waals surface area contributed by atoms with Gasteiger partial charge >= 0.3 is 5.97 Å². The quantitative estimate of drug-likeness (QED) is 0.222. The predicted molar refractivity (Wildman–Crippen MR) is 104 cm³/mol. The van der Waals surface area contributed by atoms with Gasteiger partial charge in [-0.3, -0.25) is 4.79 Å². The van der Waals surface area contributed by atoms with Gasteiger partial charge in [0.05, 0.1) is 16.1 Å². The van der Waals surface area contributed by atoms with Gasteiger partial charge in [0.1, 0.15) is 18.6 Å². The summed E-state index contributed by atoms with van der Waals surface area (Å²) >= 11 is 0. The van der Waals surface area contributed by atoms with E-state index in [-0.39, 0.29) is 19.1 Å². The number of hydrogen-bond donors (Lipinski definition) is 1. The number of aliphatic hydroxyl groups is 1. The summed E-state index contributed by atoms with van der Waals surface area (Å²) in [5.74, 6) is -0.381. The van der Waals surface area contributed by atoms with E-state index in [4.69, 9.17) is 18.3 Å². The van der Waals surface area contributed by atoms with Crippen molar-refractivity contribution in [1.29, 1.82) is 0 Å². The molecule has 0 saturated heterocycles. The number of carbonyl (C=O) groups excluding carboxylic acids is 1. The molecule has 0 aliphatic heterocycles. The molecule has 1 atom stereocenters. The average Bonchev–Trinajstić information content (AvgIpc) is 2.36. The van der Waals surface area contributed by atoms with Crippen molar-refractivity contribution in [2.24, 2.45) is 0 Å². The standard InChI is InChI=1S/C15H36O6Si3/c1-13(16)19-12-14(17)11-18-9-8-10-22-15(20-23(2,3)4)21-24(5,6)7/h14-15,17H,8-12,22H2,1-7H3. The highest BCUT2D eigenvalue weighted by molar-refractivity contribution is 6.71. The largest absolute Gasteiger partial charge is 0.463 e. The lowest BCUT2D eigenvalue weighted by molar-refractivity contribution is -0.145. The number of ether oxygens (including phenoxy) is 2. The van der Waals surface area contributed by atoms with Gasteiger partial charge in [0.25, 0.3) is 0 Å². The first-order valence-corrected chi connectivity index (χ1v) is 17.3. The van der Waals surface area contributed by atoms with E-state index in [2.05, 4.69) is 39.3 Å². The number of rotatable bonds is 13. The minimum absolute atomic E-state index is 0.0119. The minimum atomic E-state index is -1.60. The van der Waals surface area contributed by atoms with Crippen LogP contribution in [0, 0.1) is 0 Å². The van der Waals surface area contributed by atoms with Crippen molar-refractivity contribution in [3.05, 3.63) is 0 Å². The van der Waals surface area contributed by atoms with Gasteiger partial charge in [-0.25, -0.2) is 0 Å². The Morgan fingerprint density at radius 3 is 2.04 bits per heavy atom. The molecule has 0 aromatic heterocycles. The van der Waals surface area contributed by atoms with Crippen LogP contribution in [0.25, 0.3) is 0 Å². The lowest BCUT2D eigenvalue weighted by atomic mass is 10.4. The van der Waals surface area contributed by atoms with E-state index in [0.29, 0.717) is 6.61 Å². The molecule has 0 spiro atoms. The van der Waals surface area contributed by atoms with Crippen LogP contribution in [-0.2, 0) is 23.1 Å². The molecule has 6 nitrogen and oxygen atoms in total. The van der Waals surface area contributed by atoms with Crippen molar-refractivity contribution in [2.45, 2.75) is 70.7 Å². The second kappa shape index (κ2) is 11.6. The zero-order valence-electron chi connectivity index (χ0n) is 16.4. The molecule has 0 fully saturated rings. The monoisotopic (exact) mass is 396 g/mol. The minimum Gasteiger partial charge on any atom is -0.463 e. The molecule has 24 heavy (non-hydrogen) atoms. The van der Waals surface area contributed by atoms with E-state index in [1.54, 1.807) is 0 Å². The number of esters is 1. The third kappa shape index (κ3) is 16.8. The molecular formula is C15H36O6Si3. The zero-order chi connectivity index (χ0) is 18.8. The summed E-state index contributed by atoms with van der Waals surface area (Å²) in [7, 11) is -3.69. The molecule has 0 aliphatic rings. The molecule has 144 valence electrons. The molecule has 0 saturated carbocycles. The highest BCUT2D eigenvalue weighted by Gasteiger charge is 2.26. The van der Waals surface area contributed by atoms with Crippen LogP contribution in [0.4, 0.5) is 0 Å². The van der Waals surface area contributed by atoms with Crippen LogP contribution >= 0.6 is 0 Å². The molecule has 9 heteroatoms. The Balaban J connectivity index is 3.92. The molecule has 0 aromatic rings. The van der Waals surface area contributed by atoms with Crippen molar-refractivity contribution in [3.63, 3.8) is 0 Å². The third-order valence-electron chi connectivity index (χ3n) is 2.74. The van der Waals surface area contributed by atoms with Crippen LogP contribution in [0.5, 0.6) is 0 Å². The molecule has 0 aliphatic carbocycles. The van der Waals surface area contributed by atoms with E-state index in [1.807, 2.05) is 0 Å². The van der Waals surface area contributed by atoms with Crippen LogP contribution in [0.1, 0.15) is 13.3 Å². The third-order valence-corrected chi connectivity index (χ3v) is 7.06. The Bertz CT molecular complexity index is 338. The molecule has 0 aromatic carbocycles. The van der Waals surface area contributed by atoms with Crippen LogP contribution < -0.4 is 0 Å². The van der Waals surface area contributed by atoms with Crippen LogP contribution in [0.2, 0.25) is 45.3 Å². The van der Waals surface area contributed by atoms with Gasteiger partial charge in [0.15, 0.2) is 16.6 Å². The van der Waals surface area contributed by atoms with Gasteiger partial charge in [0, 0.05) is 13.5 Å². The maximum Gasteiger partial charge on any atom is 0.302 e. The van der Waals surface area contributed by atoms with E-state index >= 15 is 0 Å². The van der Waals surface area contributed by atoms with Crippen molar-refractivity contribution < 1.29 is 28.2 Å². The lowest BCUT2D eigenvalue weighted by Gasteiger charge is -2.31. The first-order chi connectivity index (χ1) is 10.9. The fourth-order valence-corrected chi connectivity index (χ4v) is 8.47. The second-order valence-electron chi connectivity index (χ2n) is 7.92. The molecule has 0 rings (SSSR count). The Labute approximate surface area is 151 Å². The van der Waals surface area contributed by atoms with E-state index in [0.717, 1.165) is 12.5 Å². The summed E-state index contributed by atoms with van der Waals surface area (Å²) in [4.78, 5) is 10.6. The van der Waals surface area contributed by atoms with Gasteiger partial charge < -0.3 is 23.4 Å². The number of aliphatic hydroxyl groups excluding tert-OH is 1. The Kier molecular flexibility index (Phi) is 11.5. The summed E-state index contributed by atoms with van der Waals surface area (Å²) in [5.41, 5.74) is 0. The van der Waals surface area contributed by atoms with Gasteiger partial charge in [-0.15, -0.1) is 0 Å². The Morgan fingerprint density at radius 2 is 1.58 bits per heavy atom. The van der Waals surface area contributed by atoms with E-state index < -0.39 is 38.2 Å². The summed E-state index contributed by atoms with van der Waals surface area (Å²) in [6.07, 6.45) is 0.178. The first-order valence-electron chi connectivity index (χ1n) is 8.64. The molecule has 0 radical (unpaired) electrons. The summed E-state index contributed by atoms with van der Waals surface area (Å²) in [6, 6.07) is 1.08. The SMILES string of the molecule is CC(=O)OCC(O)COCCC[SiH2]C(O[Si](C)(C)C)O[Si](C)(C)C. The molecule has 0 bridgehead atoms. The smallest absolute Gasteiger partial charge is 0.302 e. The molecule has 0 amide bonds. The first kappa shape index (κ1) is 24.0. The highest BCUT2D eigenvalue weighted by atomic mass is 28.4. The molecule has 0 heterocycles. The van der Waals surface area contributed by atoms with E-state index in [9.17, 15) is 9.90 Å². The van der Waals surface area contributed by atoms with Gasteiger partial charge in [-0.2, -0.15) is 0 Å². The maximum atomic E-state index is 10.6. The van der Waals surface area contributed by atoms with Gasteiger partial charge in [0.2, 0.25) is 0 Å². The normalized spacial score (nSPS) is 14.5. The maximum absolute atomic E-state index is 10.6. The van der Waals surface area contributed by atoms with E-state index in [1.165, 1.54) is 6.92 Å². The van der Waals surface area contributed by atoms with Crippen molar-refractivity contribution in [1.82, 2.24) is 0 Å². The van der Waals surface area contributed by atoms with Crippen molar-refractivity contribution >= 4 is 32.1 Å². The topological polar surface area (TPSA) is 74.2 Å². The van der Waals surface area contributed by atoms with Crippen LogP contribution in [0.15, 0.2) is 0 Å². The number of hydrogen-bond acceptors (Lipinski definition) is 6. The lowest BCUT2D eigenvalue weighted by Crippen LogP contribution is -2.43. The zero-order valence-corrected chi connectivity index (χ0v) is 19.8. The molecular weight excluding hydrogens is 360 g/mol. The molecule has 1 N–H and O–H groups in total. The average molecular weight is 397 g/mol. The van der Waals surface area contributed by atoms with Crippen molar-refractivity contribution in [3.8, 4) is 0 Å². The van der Waals surface area contributed by atoms with Crippen molar-refractivity contribution in [2.75, 3.05) is 19.8 Å². The fourth-order valence-electron chi connectivity index (χ4n) is 1.93. The van der Waals surface area contributed by atoms with Crippen LogP contribution in [0.3, 0.4) is 0 Å². The molecule has 1 unspecified atom stereocenters.